The van der Waals surface area contributed by atoms with Gasteiger partial charge in [-0.25, -0.2) is 0 Å². The van der Waals surface area contributed by atoms with Crippen LogP contribution in [-0.2, 0) is 0 Å². The van der Waals surface area contributed by atoms with Crippen LogP contribution in [0.2, 0.25) is 0 Å². The first-order chi connectivity index (χ1) is 4.88. The molecule has 3 nitrogen and oxygen atoms in total. The molecule has 2 heterocycles. The third kappa shape index (κ3) is 0.751. The molecule has 1 atom stereocenters. The summed E-state index contributed by atoms with van der Waals surface area (Å²) >= 11 is 0. The smallest absolute Gasteiger partial charge is 0.0935 e. The molecule has 0 aromatic heterocycles. The van der Waals surface area contributed by atoms with E-state index in [9.17, 15) is 5.21 Å². The number of nitrogens with one attached hydrogen (secondary N) is 1. The Morgan fingerprint density at radius 3 is 3.40 bits per heavy atom. The zero-order valence-corrected chi connectivity index (χ0v) is 5.58. The van der Waals surface area contributed by atoms with Gasteiger partial charge in [-0.2, -0.15) is 0 Å². The summed E-state index contributed by atoms with van der Waals surface area (Å²) in [6.07, 6.45) is 6.67. The molecule has 2 aliphatic heterocycles. The van der Waals surface area contributed by atoms with Crippen molar-refractivity contribution in [3.05, 3.63) is 29.1 Å². The Balaban J connectivity index is 2.23. The lowest BCUT2D eigenvalue weighted by Crippen LogP contribution is -2.40. The summed E-state index contributed by atoms with van der Waals surface area (Å²) in [5.41, 5.74) is 1.11. The van der Waals surface area contributed by atoms with E-state index in [1.807, 2.05) is 12.3 Å². The van der Waals surface area contributed by atoms with Crippen molar-refractivity contribution < 1.29 is 0 Å². The van der Waals surface area contributed by atoms with E-state index >= 15 is 0 Å². The van der Waals surface area contributed by atoms with E-state index in [4.69, 9.17) is 0 Å². The van der Waals surface area contributed by atoms with Crippen molar-refractivity contribution in [3.8, 4) is 0 Å². The third-order valence-corrected chi connectivity index (χ3v) is 1.86. The van der Waals surface area contributed by atoms with Gasteiger partial charge in [-0.15, -0.1) is 0 Å². The number of hydrogen-bond acceptors (Lipinski definition) is 3. The Morgan fingerprint density at radius 2 is 2.60 bits per heavy atom. The maximum Gasteiger partial charge on any atom is 0.0935 e. The normalized spacial score (nSPS) is 31.3. The molecule has 10 heavy (non-hydrogen) atoms. The van der Waals surface area contributed by atoms with Gasteiger partial charge in [-0.1, -0.05) is 6.08 Å². The standard InChI is InChI=1S/C7H9N2O/c10-9-5-1-2-6-3-4-8-7(6)9/h2-4,7-8H,1,5H2/q-1. The lowest BCUT2D eigenvalue weighted by molar-refractivity contribution is 0.288. The van der Waals surface area contributed by atoms with Crippen molar-refractivity contribution >= 4 is 0 Å². The highest BCUT2D eigenvalue weighted by atomic mass is 16.5. The maximum absolute atomic E-state index is 11.0. The minimum atomic E-state index is -0.0891. The molecule has 2 rings (SSSR count). The SMILES string of the molecule is [O-]N1CCC=C2C=CNC21. The van der Waals surface area contributed by atoms with E-state index < -0.39 is 0 Å². The number of fused-ring (bicyclic) bond motifs is 1. The van der Waals surface area contributed by atoms with Gasteiger partial charge in [-0.05, 0) is 30.8 Å². The third-order valence-electron chi connectivity index (χ3n) is 1.86. The fourth-order valence-electron chi connectivity index (χ4n) is 1.34. The molecule has 0 bridgehead atoms. The zero-order chi connectivity index (χ0) is 6.97. The zero-order valence-electron chi connectivity index (χ0n) is 5.58. The van der Waals surface area contributed by atoms with Gasteiger partial charge in [0.25, 0.3) is 0 Å². The molecule has 0 amide bonds. The molecule has 0 aromatic rings. The fourth-order valence-corrected chi connectivity index (χ4v) is 1.34. The van der Waals surface area contributed by atoms with Crippen LogP contribution in [0.5, 0.6) is 0 Å². The van der Waals surface area contributed by atoms with E-state index in [0.717, 1.165) is 17.1 Å². The van der Waals surface area contributed by atoms with Crippen LogP contribution in [0.3, 0.4) is 0 Å². The van der Waals surface area contributed by atoms with Crippen molar-refractivity contribution in [1.82, 2.24) is 10.4 Å². The van der Waals surface area contributed by atoms with Crippen LogP contribution < -0.4 is 5.32 Å². The van der Waals surface area contributed by atoms with Gasteiger partial charge >= 0.3 is 0 Å². The molecular formula is C7H9N2O-. The van der Waals surface area contributed by atoms with Gasteiger partial charge in [-0.3, -0.25) is 0 Å². The van der Waals surface area contributed by atoms with Crippen LogP contribution in [0, 0.1) is 5.21 Å². The number of hydroxylamine groups is 2. The predicted octanol–water partition coefficient (Wildman–Crippen LogP) is 0.559. The topological polar surface area (TPSA) is 38.3 Å². The number of rotatable bonds is 0. The van der Waals surface area contributed by atoms with Crippen molar-refractivity contribution in [3.63, 3.8) is 0 Å². The van der Waals surface area contributed by atoms with Gasteiger partial charge in [0.2, 0.25) is 0 Å². The molecule has 54 valence electrons. The molecule has 0 saturated heterocycles. The first kappa shape index (κ1) is 5.95. The average molecular weight is 137 g/mol. The molecule has 0 aliphatic carbocycles. The Kier molecular flexibility index (Phi) is 1.25. The summed E-state index contributed by atoms with van der Waals surface area (Å²) in [5.74, 6) is 0. The summed E-state index contributed by atoms with van der Waals surface area (Å²) in [5, 5.41) is 15.1. The van der Waals surface area contributed by atoms with Crippen LogP contribution in [-0.4, -0.2) is 17.8 Å². The molecule has 3 heteroatoms. The van der Waals surface area contributed by atoms with Gasteiger partial charge in [0.15, 0.2) is 0 Å². The fraction of sp³-hybridized carbons (Fsp3) is 0.429. The highest BCUT2D eigenvalue weighted by Gasteiger charge is 2.18. The highest BCUT2D eigenvalue weighted by Crippen LogP contribution is 2.19. The second-order valence-corrected chi connectivity index (χ2v) is 2.54. The van der Waals surface area contributed by atoms with E-state index in [2.05, 4.69) is 11.4 Å². The molecule has 0 fully saturated rings. The maximum atomic E-state index is 11.0. The Labute approximate surface area is 59.6 Å². The van der Waals surface area contributed by atoms with Crippen molar-refractivity contribution in [2.45, 2.75) is 12.6 Å². The number of nitrogens with zero attached hydrogens (tertiary/aromatic N) is 1. The second kappa shape index (κ2) is 2.11. The first-order valence-corrected chi connectivity index (χ1v) is 3.44. The predicted molar refractivity (Wildman–Crippen MR) is 38.8 cm³/mol. The van der Waals surface area contributed by atoms with Crippen LogP contribution >= 0.6 is 0 Å². The average Bonchev–Trinajstić information content (AvgIpc) is 2.36. The van der Waals surface area contributed by atoms with Gasteiger partial charge in [0.1, 0.15) is 0 Å². The molecule has 2 aliphatic rings. The van der Waals surface area contributed by atoms with E-state index in [0.29, 0.717) is 6.54 Å². The lowest BCUT2D eigenvalue weighted by atomic mass is 10.1. The van der Waals surface area contributed by atoms with Crippen LogP contribution in [0.1, 0.15) is 6.42 Å². The first-order valence-electron chi connectivity index (χ1n) is 3.44. The Hall–Kier alpha value is -0.800. The summed E-state index contributed by atoms with van der Waals surface area (Å²) in [6, 6.07) is 0. The number of hydrogen-bond donors (Lipinski definition) is 1. The molecular weight excluding hydrogens is 128 g/mol. The molecule has 0 saturated carbocycles. The highest BCUT2D eigenvalue weighted by molar-refractivity contribution is 5.31. The van der Waals surface area contributed by atoms with Gasteiger partial charge in [0.05, 0.1) is 6.17 Å². The monoisotopic (exact) mass is 137 g/mol. The Bertz CT molecular complexity index is 198. The summed E-state index contributed by atoms with van der Waals surface area (Å²) in [4.78, 5) is 0. The Morgan fingerprint density at radius 1 is 1.70 bits per heavy atom. The van der Waals surface area contributed by atoms with Crippen molar-refractivity contribution in [2.75, 3.05) is 6.54 Å². The van der Waals surface area contributed by atoms with Gasteiger partial charge in [0, 0.05) is 0 Å². The van der Waals surface area contributed by atoms with E-state index in [1.165, 1.54) is 0 Å². The van der Waals surface area contributed by atoms with Crippen LogP contribution in [0.15, 0.2) is 23.9 Å². The largest absolute Gasteiger partial charge is 0.783 e. The minimum Gasteiger partial charge on any atom is -0.783 e. The quantitative estimate of drug-likeness (QED) is 0.530. The molecule has 1 N–H and O–H groups in total. The lowest BCUT2D eigenvalue weighted by Gasteiger charge is -2.38. The van der Waals surface area contributed by atoms with Crippen molar-refractivity contribution in [1.29, 1.82) is 0 Å². The summed E-state index contributed by atoms with van der Waals surface area (Å²) < 4.78 is 0. The molecule has 1 unspecified atom stereocenters. The van der Waals surface area contributed by atoms with Crippen LogP contribution in [0.4, 0.5) is 0 Å². The second-order valence-electron chi connectivity index (χ2n) is 2.54. The molecule has 0 spiro atoms. The molecule has 0 aromatic carbocycles. The minimum absolute atomic E-state index is 0.0891. The summed E-state index contributed by atoms with van der Waals surface area (Å²) in [6.45, 7) is 0.614. The van der Waals surface area contributed by atoms with E-state index in [-0.39, 0.29) is 6.17 Å². The van der Waals surface area contributed by atoms with Gasteiger partial charge < -0.3 is 15.6 Å². The molecule has 0 radical (unpaired) electrons. The van der Waals surface area contributed by atoms with E-state index in [1.54, 1.807) is 0 Å². The summed E-state index contributed by atoms with van der Waals surface area (Å²) in [7, 11) is 0. The van der Waals surface area contributed by atoms with Crippen LogP contribution in [0.25, 0.3) is 0 Å². The van der Waals surface area contributed by atoms with Crippen molar-refractivity contribution in [2.24, 2.45) is 0 Å².